The van der Waals surface area contributed by atoms with Crippen LogP contribution >= 0.6 is 0 Å². The minimum Gasteiger partial charge on any atom is -0.444 e. The normalized spacial score (nSPS) is 12.8. The zero-order chi connectivity index (χ0) is 12.8. The first-order chi connectivity index (χ1) is 7.30. The number of nitrogens with one attached hydrogen (secondary N) is 2. The van der Waals surface area contributed by atoms with Crippen LogP contribution in [0, 0.1) is 0 Å². The fourth-order valence-electron chi connectivity index (χ4n) is 1.11. The van der Waals surface area contributed by atoms with Crippen LogP contribution in [0.25, 0.3) is 0 Å². The predicted octanol–water partition coefficient (Wildman–Crippen LogP) is 0.670. The number of amides is 2. The standard InChI is InChI=1S/C10H21N3O3/c1-5-6-7(8(14)13-11)12-9(15)16-10(2,3)4/h7H,5-6,11H2,1-4H3,(H,12,15)(H,13,14). The van der Waals surface area contributed by atoms with Crippen molar-refractivity contribution in [1.29, 1.82) is 0 Å². The van der Waals surface area contributed by atoms with Crippen molar-refractivity contribution in [1.82, 2.24) is 10.7 Å². The van der Waals surface area contributed by atoms with Gasteiger partial charge < -0.3 is 10.1 Å². The van der Waals surface area contributed by atoms with E-state index in [1.54, 1.807) is 20.8 Å². The van der Waals surface area contributed by atoms with Crippen LogP contribution in [0.1, 0.15) is 40.5 Å². The lowest BCUT2D eigenvalue weighted by Gasteiger charge is -2.22. The maximum Gasteiger partial charge on any atom is 0.408 e. The topological polar surface area (TPSA) is 93.4 Å². The summed E-state index contributed by atoms with van der Waals surface area (Å²) in [4.78, 5) is 22.7. The molecule has 0 radical (unpaired) electrons. The van der Waals surface area contributed by atoms with E-state index in [0.29, 0.717) is 6.42 Å². The van der Waals surface area contributed by atoms with E-state index < -0.39 is 23.6 Å². The predicted molar refractivity (Wildman–Crippen MR) is 60.4 cm³/mol. The van der Waals surface area contributed by atoms with Gasteiger partial charge in [0.2, 0.25) is 0 Å². The smallest absolute Gasteiger partial charge is 0.408 e. The van der Waals surface area contributed by atoms with E-state index in [1.807, 2.05) is 12.3 Å². The van der Waals surface area contributed by atoms with Gasteiger partial charge in [0.05, 0.1) is 0 Å². The number of hydrogen-bond acceptors (Lipinski definition) is 4. The Morgan fingerprint density at radius 1 is 1.38 bits per heavy atom. The van der Waals surface area contributed by atoms with Gasteiger partial charge in [0.25, 0.3) is 5.91 Å². The van der Waals surface area contributed by atoms with Gasteiger partial charge >= 0.3 is 6.09 Å². The summed E-state index contributed by atoms with van der Waals surface area (Å²) in [6, 6.07) is -0.648. The van der Waals surface area contributed by atoms with Crippen molar-refractivity contribution in [3.63, 3.8) is 0 Å². The van der Waals surface area contributed by atoms with E-state index in [-0.39, 0.29) is 0 Å². The molecule has 6 heteroatoms. The zero-order valence-corrected chi connectivity index (χ0v) is 10.3. The lowest BCUT2D eigenvalue weighted by molar-refractivity contribution is -0.123. The van der Waals surface area contributed by atoms with Gasteiger partial charge in [-0.25, -0.2) is 10.6 Å². The average Bonchev–Trinajstić information content (AvgIpc) is 2.13. The minimum atomic E-state index is -0.648. The molecular weight excluding hydrogens is 210 g/mol. The van der Waals surface area contributed by atoms with Gasteiger partial charge in [0, 0.05) is 0 Å². The fraction of sp³-hybridized carbons (Fsp3) is 0.800. The molecule has 0 aromatic heterocycles. The Morgan fingerprint density at radius 3 is 2.31 bits per heavy atom. The third-order valence-corrected chi connectivity index (χ3v) is 1.73. The third-order valence-electron chi connectivity index (χ3n) is 1.73. The van der Waals surface area contributed by atoms with E-state index in [4.69, 9.17) is 10.6 Å². The van der Waals surface area contributed by atoms with Crippen molar-refractivity contribution in [2.24, 2.45) is 5.84 Å². The molecule has 0 rings (SSSR count). The molecule has 2 amide bonds. The molecule has 0 fully saturated rings. The second kappa shape index (κ2) is 6.32. The molecule has 0 aliphatic heterocycles. The molecule has 0 bridgehead atoms. The first-order valence-corrected chi connectivity index (χ1v) is 5.30. The monoisotopic (exact) mass is 231 g/mol. The van der Waals surface area contributed by atoms with Gasteiger partial charge in [-0.1, -0.05) is 13.3 Å². The summed E-state index contributed by atoms with van der Waals surface area (Å²) in [7, 11) is 0. The molecule has 16 heavy (non-hydrogen) atoms. The van der Waals surface area contributed by atoms with Crippen LogP contribution in [-0.2, 0) is 9.53 Å². The van der Waals surface area contributed by atoms with Crippen molar-refractivity contribution in [2.45, 2.75) is 52.2 Å². The molecule has 1 atom stereocenters. The van der Waals surface area contributed by atoms with Gasteiger partial charge in [-0.3, -0.25) is 10.2 Å². The third kappa shape index (κ3) is 6.23. The number of hydrogen-bond donors (Lipinski definition) is 3. The van der Waals surface area contributed by atoms with E-state index in [2.05, 4.69) is 5.32 Å². The van der Waals surface area contributed by atoms with Gasteiger partial charge in [0.1, 0.15) is 11.6 Å². The molecule has 1 unspecified atom stereocenters. The molecule has 0 spiro atoms. The lowest BCUT2D eigenvalue weighted by Crippen LogP contribution is -2.49. The van der Waals surface area contributed by atoms with Crippen molar-refractivity contribution in [3.05, 3.63) is 0 Å². The Morgan fingerprint density at radius 2 is 1.94 bits per heavy atom. The Hall–Kier alpha value is -1.30. The van der Waals surface area contributed by atoms with Gasteiger partial charge in [-0.2, -0.15) is 0 Å². The summed E-state index contributed by atoms with van der Waals surface area (Å²) in [6.45, 7) is 7.17. The van der Waals surface area contributed by atoms with E-state index in [9.17, 15) is 9.59 Å². The second-order valence-electron chi connectivity index (χ2n) is 4.50. The highest BCUT2D eigenvalue weighted by atomic mass is 16.6. The van der Waals surface area contributed by atoms with Crippen molar-refractivity contribution < 1.29 is 14.3 Å². The van der Waals surface area contributed by atoms with Crippen LogP contribution in [0.15, 0.2) is 0 Å². The molecule has 0 aromatic rings. The molecule has 0 aromatic carbocycles. The molecular formula is C10H21N3O3. The van der Waals surface area contributed by atoms with Crippen LogP contribution in [0.3, 0.4) is 0 Å². The summed E-state index contributed by atoms with van der Waals surface area (Å²) in [5, 5.41) is 2.47. The summed E-state index contributed by atoms with van der Waals surface area (Å²) in [5.41, 5.74) is 1.43. The number of rotatable bonds is 4. The SMILES string of the molecule is CCCC(NC(=O)OC(C)(C)C)C(=O)NN. The van der Waals surface area contributed by atoms with Crippen LogP contribution in [0.2, 0.25) is 0 Å². The first kappa shape index (κ1) is 14.7. The first-order valence-electron chi connectivity index (χ1n) is 5.30. The lowest BCUT2D eigenvalue weighted by atomic mass is 10.1. The number of nitrogens with two attached hydrogens (primary N) is 1. The highest BCUT2D eigenvalue weighted by Crippen LogP contribution is 2.07. The van der Waals surface area contributed by atoms with Gasteiger partial charge in [-0.05, 0) is 27.2 Å². The summed E-state index contributed by atoms with van der Waals surface area (Å²) < 4.78 is 5.04. The maximum atomic E-state index is 11.4. The van der Waals surface area contributed by atoms with Crippen molar-refractivity contribution >= 4 is 12.0 Å². The number of ether oxygens (including phenoxy) is 1. The zero-order valence-electron chi connectivity index (χ0n) is 10.3. The number of hydrazine groups is 1. The minimum absolute atomic E-state index is 0.423. The number of alkyl carbamates (subject to hydrolysis) is 1. The number of carbonyl (C=O) groups is 2. The van der Waals surface area contributed by atoms with E-state index in [0.717, 1.165) is 6.42 Å². The van der Waals surface area contributed by atoms with E-state index in [1.165, 1.54) is 0 Å². The van der Waals surface area contributed by atoms with Gasteiger partial charge in [-0.15, -0.1) is 0 Å². The van der Waals surface area contributed by atoms with Crippen LogP contribution < -0.4 is 16.6 Å². The second-order valence-corrected chi connectivity index (χ2v) is 4.50. The van der Waals surface area contributed by atoms with Crippen LogP contribution in [0.4, 0.5) is 4.79 Å². The largest absolute Gasteiger partial charge is 0.444 e. The molecule has 0 heterocycles. The average molecular weight is 231 g/mol. The molecule has 0 aliphatic rings. The molecule has 0 saturated heterocycles. The Balaban J connectivity index is 4.29. The Labute approximate surface area is 95.9 Å². The fourth-order valence-corrected chi connectivity index (χ4v) is 1.11. The molecule has 0 saturated carbocycles. The maximum absolute atomic E-state index is 11.4. The van der Waals surface area contributed by atoms with E-state index >= 15 is 0 Å². The quantitative estimate of drug-likeness (QED) is 0.376. The highest BCUT2D eigenvalue weighted by molar-refractivity contribution is 5.85. The molecule has 4 N–H and O–H groups in total. The van der Waals surface area contributed by atoms with Crippen molar-refractivity contribution in [3.8, 4) is 0 Å². The Bertz CT molecular complexity index is 248. The van der Waals surface area contributed by atoms with Crippen LogP contribution in [-0.4, -0.2) is 23.6 Å². The summed E-state index contributed by atoms with van der Waals surface area (Å²) >= 11 is 0. The molecule has 6 nitrogen and oxygen atoms in total. The van der Waals surface area contributed by atoms with Gasteiger partial charge in [0.15, 0.2) is 0 Å². The van der Waals surface area contributed by atoms with Crippen molar-refractivity contribution in [2.75, 3.05) is 0 Å². The molecule has 94 valence electrons. The summed E-state index contributed by atoms with van der Waals surface area (Å²) in [6.07, 6.45) is 0.658. The molecule has 0 aliphatic carbocycles. The Kier molecular flexibility index (Phi) is 5.81. The summed E-state index contributed by atoms with van der Waals surface area (Å²) in [5.74, 6) is 4.59. The van der Waals surface area contributed by atoms with Crippen LogP contribution in [0.5, 0.6) is 0 Å². The highest BCUT2D eigenvalue weighted by Gasteiger charge is 2.22. The number of carbonyl (C=O) groups excluding carboxylic acids is 2.